The predicted molar refractivity (Wildman–Crippen MR) is 100 cm³/mol. The first-order valence-corrected chi connectivity index (χ1v) is 8.41. The number of rotatable bonds is 7. The van der Waals surface area contributed by atoms with Gasteiger partial charge in [0.15, 0.2) is 0 Å². The normalized spacial score (nSPS) is 10.4. The van der Waals surface area contributed by atoms with Gasteiger partial charge in [0.25, 0.3) is 0 Å². The first kappa shape index (κ1) is 18.5. The van der Waals surface area contributed by atoms with Crippen LogP contribution in [-0.2, 0) is 9.53 Å². The third kappa shape index (κ3) is 5.35. The van der Waals surface area contributed by atoms with E-state index in [-0.39, 0.29) is 18.4 Å². The van der Waals surface area contributed by atoms with E-state index in [4.69, 9.17) is 4.74 Å². The summed E-state index contributed by atoms with van der Waals surface area (Å²) in [4.78, 5) is 23.8. The highest BCUT2D eigenvalue weighted by atomic mass is 16.5. The van der Waals surface area contributed by atoms with Gasteiger partial charge >= 0.3 is 5.97 Å². The average Bonchev–Trinajstić information content (AvgIpc) is 2.61. The Morgan fingerprint density at radius 1 is 1.04 bits per heavy atom. The Labute approximate surface area is 148 Å². The standard InChI is InChI=1S/C20H24N2O3/c1-4-25-20(24)15-9-11-16(12-10-15)21-13-19(23)22-18-8-6-5-7-17(18)14(2)3/h5-12,14,21H,4,13H2,1-3H3,(H,22,23). The third-order valence-corrected chi connectivity index (χ3v) is 3.71. The van der Waals surface area contributed by atoms with Gasteiger partial charge in [0, 0.05) is 11.4 Å². The summed E-state index contributed by atoms with van der Waals surface area (Å²) >= 11 is 0. The van der Waals surface area contributed by atoms with Crippen LogP contribution in [0.15, 0.2) is 48.5 Å². The molecule has 0 spiro atoms. The molecule has 0 atom stereocenters. The Morgan fingerprint density at radius 3 is 2.36 bits per heavy atom. The van der Waals surface area contributed by atoms with Crippen LogP contribution < -0.4 is 10.6 Å². The maximum atomic E-state index is 12.2. The summed E-state index contributed by atoms with van der Waals surface area (Å²) in [6.45, 7) is 6.44. The lowest BCUT2D eigenvalue weighted by Crippen LogP contribution is -2.22. The Morgan fingerprint density at radius 2 is 1.72 bits per heavy atom. The first-order valence-electron chi connectivity index (χ1n) is 8.41. The van der Waals surface area contributed by atoms with Gasteiger partial charge in [-0.3, -0.25) is 4.79 Å². The Bertz CT molecular complexity index is 724. The summed E-state index contributed by atoms with van der Waals surface area (Å²) in [5, 5.41) is 5.98. The van der Waals surface area contributed by atoms with Crippen molar-refractivity contribution in [3.63, 3.8) is 0 Å². The van der Waals surface area contributed by atoms with Crippen molar-refractivity contribution >= 4 is 23.3 Å². The second kappa shape index (κ2) is 8.87. The number of para-hydroxylation sites is 1. The lowest BCUT2D eigenvalue weighted by atomic mass is 10.0. The number of carbonyl (C=O) groups excluding carboxylic acids is 2. The molecular weight excluding hydrogens is 316 g/mol. The molecule has 0 fully saturated rings. The van der Waals surface area contributed by atoms with E-state index >= 15 is 0 Å². The van der Waals surface area contributed by atoms with E-state index in [1.165, 1.54) is 0 Å². The molecule has 2 aromatic rings. The zero-order valence-corrected chi connectivity index (χ0v) is 14.8. The summed E-state index contributed by atoms with van der Waals surface area (Å²) in [6.07, 6.45) is 0. The molecule has 0 unspecified atom stereocenters. The zero-order chi connectivity index (χ0) is 18.2. The lowest BCUT2D eigenvalue weighted by Gasteiger charge is -2.14. The molecule has 0 radical (unpaired) electrons. The van der Waals surface area contributed by atoms with Gasteiger partial charge in [-0.2, -0.15) is 0 Å². The van der Waals surface area contributed by atoms with Crippen molar-refractivity contribution in [3.05, 3.63) is 59.7 Å². The van der Waals surface area contributed by atoms with Crippen molar-refractivity contribution in [2.75, 3.05) is 23.8 Å². The molecule has 5 heteroatoms. The Kier molecular flexibility index (Phi) is 6.57. The molecule has 0 saturated heterocycles. The van der Waals surface area contributed by atoms with E-state index in [1.54, 1.807) is 31.2 Å². The second-order valence-electron chi connectivity index (χ2n) is 5.94. The molecule has 0 heterocycles. The van der Waals surface area contributed by atoms with E-state index in [0.29, 0.717) is 18.1 Å². The van der Waals surface area contributed by atoms with Crippen LogP contribution in [0.5, 0.6) is 0 Å². The second-order valence-corrected chi connectivity index (χ2v) is 5.94. The highest BCUT2D eigenvalue weighted by Gasteiger charge is 2.09. The molecule has 5 nitrogen and oxygen atoms in total. The van der Waals surface area contributed by atoms with Crippen molar-refractivity contribution in [2.24, 2.45) is 0 Å². The number of anilines is 2. The van der Waals surface area contributed by atoms with Crippen LogP contribution in [0, 0.1) is 0 Å². The molecule has 132 valence electrons. The summed E-state index contributed by atoms with van der Waals surface area (Å²) in [5.41, 5.74) is 3.19. The van der Waals surface area contributed by atoms with Gasteiger partial charge in [-0.1, -0.05) is 32.0 Å². The minimum Gasteiger partial charge on any atom is -0.462 e. The molecular formula is C20H24N2O3. The highest BCUT2D eigenvalue weighted by Crippen LogP contribution is 2.23. The van der Waals surface area contributed by atoms with Gasteiger partial charge < -0.3 is 15.4 Å². The zero-order valence-electron chi connectivity index (χ0n) is 14.8. The van der Waals surface area contributed by atoms with Crippen LogP contribution in [-0.4, -0.2) is 25.0 Å². The van der Waals surface area contributed by atoms with Crippen molar-refractivity contribution in [1.29, 1.82) is 0 Å². The molecule has 2 aromatic carbocycles. The van der Waals surface area contributed by atoms with E-state index < -0.39 is 0 Å². The molecule has 0 aromatic heterocycles. The maximum absolute atomic E-state index is 12.2. The van der Waals surface area contributed by atoms with E-state index in [1.807, 2.05) is 24.3 Å². The topological polar surface area (TPSA) is 67.4 Å². The van der Waals surface area contributed by atoms with Crippen LogP contribution >= 0.6 is 0 Å². The van der Waals surface area contributed by atoms with Crippen LogP contribution in [0.2, 0.25) is 0 Å². The first-order chi connectivity index (χ1) is 12.0. The lowest BCUT2D eigenvalue weighted by molar-refractivity contribution is -0.114. The SMILES string of the molecule is CCOC(=O)c1ccc(NCC(=O)Nc2ccccc2C(C)C)cc1. The van der Waals surface area contributed by atoms with Crippen LogP contribution in [0.3, 0.4) is 0 Å². The van der Waals surface area contributed by atoms with Gasteiger partial charge in [0.2, 0.25) is 5.91 Å². The molecule has 0 aliphatic rings. The van der Waals surface area contributed by atoms with Gasteiger partial charge in [0.1, 0.15) is 0 Å². The van der Waals surface area contributed by atoms with Crippen molar-refractivity contribution in [2.45, 2.75) is 26.7 Å². The molecule has 2 rings (SSSR count). The minimum absolute atomic E-state index is 0.123. The van der Waals surface area contributed by atoms with Gasteiger partial charge in [-0.05, 0) is 48.7 Å². The molecule has 0 saturated carbocycles. The smallest absolute Gasteiger partial charge is 0.338 e. The number of nitrogens with one attached hydrogen (secondary N) is 2. The number of ether oxygens (including phenoxy) is 1. The summed E-state index contributed by atoms with van der Waals surface area (Å²) < 4.78 is 4.94. The molecule has 2 N–H and O–H groups in total. The van der Waals surface area contributed by atoms with Crippen LogP contribution in [0.4, 0.5) is 11.4 Å². The molecule has 25 heavy (non-hydrogen) atoms. The number of hydrogen-bond acceptors (Lipinski definition) is 4. The highest BCUT2D eigenvalue weighted by molar-refractivity contribution is 5.94. The monoisotopic (exact) mass is 340 g/mol. The predicted octanol–water partition coefficient (Wildman–Crippen LogP) is 4.04. The number of amides is 1. The molecule has 0 bridgehead atoms. The maximum Gasteiger partial charge on any atom is 0.338 e. The fraction of sp³-hybridized carbons (Fsp3) is 0.300. The molecule has 1 amide bonds. The fourth-order valence-electron chi connectivity index (χ4n) is 2.43. The van der Waals surface area contributed by atoms with Crippen molar-refractivity contribution < 1.29 is 14.3 Å². The van der Waals surface area contributed by atoms with Crippen LogP contribution in [0.25, 0.3) is 0 Å². The summed E-state index contributed by atoms with van der Waals surface area (Å²) in [5.74, 6) is -0.139. The Balaban J connectivity index is 1.91. The average molecular weight is 340 g/mol. The third-order valence-electron chi connectivity index (χ3n) is 3.71. The number of esters is 1. The van der Waals surface area contributed by atoms with Crippen LogP contribution in [0.1, 0.15) is 42.6 Å². The van der Waals surface area contributed by atoms with E-state index in [0.717, 1.165) is 16.9 Å². The molecule has 0 aliphatic carbocycles. The number of hydrogen-bond donors (Lipinski definition) is 2. The van der Waals surface area contributed by atoms with E-state index in [2.05, 4.69) is 24.5 Å². The minimum atomic E-state index is -0.350. The number of benzene rings is 2. The fourth-order valence-corrected chi connectivity index (χ4v) is 2.43. The van der Waals surface area contributed by atoms with Gasteiger partial charge in [0.05, 0.1) is 18.7 Å². The van der Waals surface area contributed by atoms with Crippen molar-refractivity contribution in [3.8, 4) is 0 Å². The number of carbonyl (C=O) groups is 2. The van der Waals surface area contributed by atoms with Crippen molar-refractivity contribution in [1.82, 2.24) is 0 Å². The largest absolute Gasteiger partial charge is 0.462 e. The summed E-state index contributed by atoms with van der Waals surface area (Å²) in [6, 6.07) is 14.6. The van der Waals surface area contributed by atoms with Gasteiger partial charge in [-0.15, -0.1) is 0 Å². The molecule has 0 aliphatic heterocycles. The van der Waals surface area contributed by atoms with Gasteiger partial charge in [-0.25, -0.2) is 4.79 Å². The summed E-state index contributed by atoms with van der Waals surface area (Å²) in [7, 11) is 0. The Hall–Kier alpha value is -2.82. The van der Waals surface area contributed by atoms with E-state index in [9.17, 15) is 9.59 Å². The quantitative estimate of drug-likeness (QED) is 0.747.